The van der Waals surface area contributed by atoms with Gasteiger partial charge in [0.2, 0.25) is 0 Å². The minimum Gasteiger partial charge on any atom is -0.361 e. The summed E-state index contributed by atoms with van der Waals surface area (Å²) in [6, 6.07) is 5.67. The zero-order valence-electron chi connectivity index (χ0n) is 15.6. The lowest BCUT2D eigenvalue weighted by Crippen LogP contribution is -2.12. The van der Waals surface area contributed by atoms with Gasteiger partial charge in [-0.05, 0) is 49.2 Å². The second kappa shape index (κ2) is 6.33. The van der Waals surface area contributed by atoms with E-state index in [1.807, 2.05) is 0 Å². The monoisotopic (exact) mass is 405 g/mol. The smallest absolute Gasteiger partial charge is 0.361 e. The van der Waals surface area contributed by atoms with E-state index in [0.29, 0.717) is 34.2 Å². The number of H-pyrrole nitrogens is 1. The molecule has 29 heavy (non-hydrogen) atoms. The number of nitrogens with one attached hydrogen (secondary N) is 1. The van der Waals surface area contributed by atoms with Crippen LogP contribution in [0.15, 0.2) is 39.6 Å². The number of alkyl halides is 3. The molecule has 1 N–H and O–H groups in total. The fraction of sp³-hybridized carbons (Fsp3) is 0.200. The highest BCUT2D eigenvalue weighted by molar-refractivity contribution is 5.97. The van der Waals surface area contributed by atoms with Crippen molar-refractivity contribution < 1.29 is 22.1 Å². The zero-order chi connectivity index (χ0) is 21.1. The normalized spacial score (nSPS) is 12.1. The van der Waals surface area contributed by atoms with Crippen LogP contribution in [0, 0.1) is 19.7 Å². The number of hydrogen-bond donors (Lipinski definition) is 1. The van der Waals surface area contributed by atoms with Gasteiger partial charge in [-0.3, -0.25) is 4.57 Å². The molecule has 2 heterocycles. The molecule has 5 nitrogen and oxygen atoms in total. The van der Waals surface area contributed by atoms with Crippen LogP contribution in [0.3, 0.4) is 0 Å². The number of halogens is 4. The van der Waals surface area contributed by atoms with Crippen molar-refractivity contribution in [3.05, 3.63) is 63.7 Å². The quantitative estimate of drug-likeness (QED) is 0.479. The second-order valence-corrected chi connectivity index (χ2v) is 6.80. The van der Waals surface area contributed by atoms with Crippen LogP contribution < -0.4 is 5.69 Å². The van der Waals surface area contributed by atoms with E-state index in [-0.39, 0.29) is 16.6 Å². The molecule has 0 radical (unpaired) electrons. The highest BCUT2D eigenvalue weighted by atomic mass is 19.4. The summed E-state index contributed by atoms with van der Waals surface area (Å²) >= 11 is 0. The summed E-state index contributed by atoms with van der Waals surface area (Å²) < 4.78 is 61.0. The van der Waals surface area contributed by atoms with Gasteiger partial charge in [0, 0.05) is 18.2 Å². The Bertz CT molecular complexity index is 1290. The number of aromatic nitrogens is 3. The number of imidazole rings is 1. The van der Waals surface area contributed by atoms with Crippen molar-refractivity contribution in [2.45, 2.75) is 20.0 Å². The fourth-order valence-electron chi connectivity index (χ4n) is 3.62. The third-order valence-corrected chi connectivity index (χ3v) is 4.89. The molecular weight excluding hydrogens is 390 g/mol. The first-order valence-electron chi connectivity index (χ1n) is 8.61. The van der Waals surface area contributed by atoms with Gasteiger partial charge in [-0.1, -0.05) is 11.2 Å². The maximum absolute atomic E-state index is 13.7. The standard InChI is InChI=1S/C20H15F4N3O2/c1-9-17(10(2)29-26-9)11-6-14(18-16(7-11)25-19(28)27(18)3)13-5-4-12(21)8-15(13)20(22,23)24/h4-8H,1-3H3,(H,25,28). The lowest BCUT2D eigenvalue weighted by Gasteiger charge is -2.15. The molecule has 0 atom stereocenters. The summed E-state index contributed by atoms with van der Waals surface area (Å²) in [5, 5.41) is 3.88. The van der Waals surface area contributed by atoms with Gasteiger partial charge in [-0.25, -0.2) is 9.18 Å². The van der Waals surface area contributed by atoms with Crippen molar-refractivity contribution in [3.63, 3.8) is 0 Å². The highest BCUT2D eigenvalue weighted by Gasteiger charge is 2.35. The Morgan fingerprint density at radius 3 is 2.45 bits per heavy atom. The van der Waals surface area contributed by atoms with Gasteiger partial charge in [0.1, 0.15) is 11.6 Å². The molecule has 4 aromatic rings. The highest BCUT2D eigenvalue weighted by Crippen LogP contribution is 2.41. The van der Waals surface area contributed by atoms with Crippen LogP contribution in [0.1, 0.15) is 17.0 Å². The summed E-state index contributed by atoms with van der Waals surface area (Å²) in [5.41, 5.74) is 0.650. The van der Waals surface area contributed by atoms with E-state index >= 15 is 0 Å². The van der Waals surface area contributed by atoms with E-state index in [0.717, 1.165) is 12.1 Å². The topological polar surface area (TPSA) is 63.8 Å². The van der Waals surface area contributed by atoms with E-state index < -0.39 is 23.2 Å². The average Bonchev–Trinajstić information content (AvgIpc) is 3.12. The molecule has 0 aliphatic heterocycles. The molecule has 2 aromatic carbocycles. The number of nitrogens with zero attached hydrogens (tertiary/aromatic N) is 2. The first-order valence-corrected chi connectivity index (χ1v) is 8.61. The van der Waals surface area contributed by atoms with Gasteiger partial charge in [0.05, 0.1) is 22.3 Å². The molecular formula is C20H15F4N3O2. The Balaban J connectivity index is 2.14. The number of aromatic amines is 1. The molecule has 0 bridgehead atoms. The molecule has 0 amide bonds. The summed E-state index contributed by atoms with van der Waals surface area (Å²) in [5.74, 6) is -0.511. The maximum atomic E-state index is 13.7. The van der Waals surface area contributed by atoms with E-state index in [4.69, 9.17) is 4.52 Å². The van der Waals surface area contributed by atoms with E-state index in [1.165, 1.54) is 17.7 Å². The molecule has 0 aliphatic carbocycles. The molecule has 0 saturated heterocycles. The third-order valence-electron chi connectivity index (χ3n) is 4.89. The van der Waals surface area contributed by atoms with Crippen LogP contribution in [-0.4, -0.2) is 14.7 Å². The molecule has 150 valence electrons. The number of hydrogen-bond acceptors (Lipinski definition) is 3. The fourth-order valence-corrected chi connectivity index (χ4v) is 3.62. The molecule has 0 fully saturated rings. The minimum absolute atomic E-state index is 0.144. The van der Waals surface area contributed by atoms with Crippen molar-refractivity contribution in [1.29, 1.82) is 0 Å². The lowest BCUT2D eigenvalue weighted by atomic mass is 9.93. The molecule has 2 aromatic heterocycles. The van der Waals surface area contributed by atoms with Crippen molar-refractivity contribution in [2.75, 3.05) is 0 Å². The van der Waals surface area contributed by atoms with E-state index in [1.54, 1.807) is 19.9 Å². The number of rotatable bonds is 2. The van der Waals surface area contributed by atoms with E-state index in [9.17, 15) is 22.4 Å². The Morgan fingerprint density at radius 2 is 1.83 bits per heavy atom. The summed E-state index contributed by atoms with van der Waals surface area (Å²) in [6.45, 7) is 3.40. The van der Waals surface area contributed by atoms with Gasteiger partial charge in [-0.2, -0.15) is 13.2 Å². The zero-order valence-corrected chi connectivity index (χ0v) is 15.6. The van der Waals surface area contributed by atoms with Gasteiger partial charge < -0.3 is 9.51 Å². The predicted octanol–water partition coefficient (Wildman–Crippen LogP) is 4.96. The lowest BCUT2D eigenvalue weighted by molar-refractivity contribution is -0.137. The first kappa shape index (κ1) is 19.0. The van der Waals surface area contributed by atoms with Gasteiger partial charge in [0.15, 0.2) is 0 Å². The number of fused-ring (bicyclic) bond motifs is 1. The van der Waals surface area contributed by atoms with Gasteiger partial charge in [-0.15, -0.1) is 0 Å². The Kier molecular flexibility index (Phi) is 4.14. The molecule has 9 heteroatoms. The summed E-state index contributed by atoms with van der Waals surface area (Å²) in [4.78, 5) is 14.8. The molecule has 0 unspecified atom stereocenters. The summed E-state index contributed by atoms with van der Waals surface area (Å²) in [7, 11) is 1.46. The van der Waals surface area contributed by atoms with Crippen molar-refractivity contribution in [1.82, 2.24) is 14.7 Å². The third kappa shape index (κ3) is 3.02. The van der Waals surface area contributed by atoms with Gasteiger partial charge >= 0.3 is 11.9 Å². The van der Waals surface area contributed by atoms with Crippen molar-refractivity contribution in [3.8, 4) is 22.3 Å². The maximum Gasteiger partial charge on any atom is 0.417 e. The molecule has 0 aliphatic rings. The minimum atomic E-state index is -4.78. The Hall–Kier alpha value is -3.36. The predicted molar refractivity (Wildman–Crippen MR) is 98.9 cm³/mol. The van der Waals surface area contributed by atoms with Crippen LogP contribution in [0.4, 0.5) is 17.6 Å². The number of aryl methyl sites for hydroxylation is 3. The molecule has 0 saturated carbocycles. The van der Waals surface area contributed by atoms with Crippen molar-refractivity contribution >= 4 is 11.0 Å². The Labute approximate surface area is 161 Å². The van der Waals surface area contributed by atoms with Crippen molar-refractivity contribution in [2.24, 2.45) is 7.05 Å². The van der Waals surface area contributed by atoms with Crippen LogP contribution in [0.5, 0.6) is 0 Å². The molecule has 4 rings (SSSR count). The number of benzene rings is 2. The van der Waals surface area contributed by atoms with E-state index in [2.05, 4.69) is 10.1 Å². The SMILES string of the molecule is Cc1noc(C)c1-c1cc(-c2ccc(F)cc2C(F)(F)F)c2c(c1)[nH]c(=O)n2C. The second-order valence-electron chi connectivity index (χ2n) is 6.80. The Morgan fingerprint density at radius 1 is 1.10 bits per heavy atom. The van der Waals surface area contributed by atoms with Crippen LogP contribution >= 0.6 is 0 Å². The largest absolute Gasteiger partial charge is 0.417 e. The average molecular weight is 405 g/mol. The van der Waals surface area contributed by atoms with Crippen LogP contribution in [0.25, 0.3) is 33.3 Å². The van der Waals surface area contributed by atoms with Crippen LogP contribution in [0.2, 0.25) is 0 Å². The summed E-state index contributed by atoms with van der Waals surface area (Å²) in [6.07, 6.45) is -4.78. The first-order chi connectivity index (χ1) is 13.6. The molecule has 0 spiro atoms. The van der Waals surface area contributed by atoms with Gasteiger partial charge in [0.25, 0.3) is 0 Å². The van der Waals surface area contributed by atoms with Crippen LogP contribution in [-0.2, 0) is 13.2 Å².